The Kier molecular flexibility index (Phi) is 8.41. The van der Waals surface area contributed by atoms with Crippen molar-refractivity contribution in [3.05, 3.63) is 82.9 Å². The second kappa shape index (κ2) is 11.1. The van der Waals surface area contributed by atoms with Crippen molar-refractivity contribution in [3.63, 3.8) is 0 Å². The normalized spacial score (nSPS) is 17.6. The van der Waals surface area contributed by atoms with Crippen molar-refractivity contribution in [2.24, 2.45) is 0 Å². The van der Waals surface area contributed by atoms with E-state index in [9.17, 15) is 14.7 Å². The van der Waals surface area contributed by atoms with Crippen molar-refractivity contribution in [1.29, 1.82) is 0 Å². The minimum Gasteiger partial charge on any atom is -0.507 e. The van der Waals surface area contributed by atoms with Gasteiger partial charge in [-0.2, -0.15) is 0 Å². The number of likely N-dealkylation sites (tertiary alicyclic amines) is 1. The molecule has 1 aliphatic heterocycles. The first-order valence-electron chi connectivity index (χ1n) is 12.3. The number of carbonyl (C=O) groups excluding carboxylic acids is 2. The van der Waals surface area contributed by atoms with Gasteiger partial charge in [0, 0.05) is 12.1 Å². The summed E-state index contributed by atoms with van der Waals surface area (Å²) in [5.74, 6) is -0.744. The molecular weight excluding hydrogens is 452 g/mol. The number of aliphatic hydroxyl groups is 1. The van der Waals surface area contributed by atoms with E-state index in [0.717, 1.165) is 23.2 Å². The summed E-state index contributed by atoms with van der Waals surface area (Å²) >= 11 is 0. The van der Waals surface area contributed by atoms with Crippen LogP contribution in [0.4, 0.5) is 0 Å². The van der Waals surface area contributed by atoms with Crippen LogP contribution in [0.25, 0.3) is 5.76 Å². The summed E-state index contributed by atoms with van der Waals surface area (Å²) in [5, 5.41) is 11.4. The van der Waals surface area contributed by atoms with Gasteiger partial charge in [0.25, 0.3) is 11.7 Å². The molecule has 0 bridgehead atoms. The summed E-state index contributed by atoms with van der Waals surface area (Å²) in [6.07, 6.45) is 2.38. The summed E-state index contributed by atoms with van der Waals surface area (Å²) < 4.78 is 5.64. The third-order valence-corrected chi connectivity index (χ3v) is 6.44. The highest BCUT2D eigenvalue weighted by Gasteiger charge is 2.45. The maximum Gasteiger partial charge on any atom is 0.295 e. The molecule has 0 aromatic heterocycles. The Morgan fingerprint density at radius 3 is 2.36 bits per heavy atom. The second-order valence-electron chi connectivity index (χ2n) is 10.6. The van der Waals surface area contributed by atoms with Crippen LogP contribution in [0.2, 0.25) is 0 Å². The third-order valence-electron chi connectivity index (χ3n) is 6.44. The lowest BCUT2D eigenvalue weighted by Crippen LogP contribution is -2.32. The number of ketones is 1. The first-order chi connectivity index (χ1) is 17.0. The van der Waals surface area contributed by atoms with Crippen molar-refractivity contribution >= 4 is 17.4 Å². The van der Waals surface area contributed by atoms with Crippen molar-refractivity contribution in [1.82, 2.24) is 9.80 Å². The number of rotatable bonds is 9. The van der Waals surface area contributed by atoms with Crippen LogP contribution in [-0.2, 0) is 15.0 Å². The highest BCUT2D eigenvalue weighted by Crippen LogP contribution is 2.40. The van der Waals surface area contributed by atoms with E-state index in [2.05, 4.69) is 27.4 Å². The molecule has 0 radical (unpaired) electrons. The molecule has 1 aliphatic rings. The van der Waals surface area contributed by atoms with Crippen molar-refractivity contribution in [3.8, 4) is 5.75 Å². The molecule has 6 nitrogen and oxygen atoms in total. The molecule has 6 heteroatoms. The van der Waals surface area contributed by atoms with Crippen molar-refractivity contribution in [2.75, 3.05) is 33.8 Å². The van der Waals surface area contributed by atoms with E-state index in [1.165, 1.54) is 0 Å². The first kappa shape index (κ1) is 27.2. The Balaban J connectivity index is 2.09. The summed E-state index contributed by atoms with van der Waals surface area (Å²) in [7, 11) is 3.95. The quantitative estimate of drug-likeness (QED) is 0.226. The topological polar surface area (TPSA) is 70.1 Å². The molecule has 1 N–H and O–H groups in total. The number of nitrogens with zero attached hydrogens (tertiary/aromatic N) is 2. The van der Waals surface area contributed by atoms with E-state index in [1.807, 2.05) is 50.2 Å². The molecule has 36 heavy (non-hydrogen) atoms. The molecule has 1 heterocycles. The summed E-state index contributed by atoms with van der Waals surface area (Å²) in [4.78, 5) is 30.1. The predicted molar refractivity (Wildman–Crippen MR) is 144 cm³/mol. The monoisotopic (exact) mass is 490 g/mol. The molecular formula is C30H38N2O4. The minimum atomic E-state index is -0.660. The highest BCUT2D eigenvalue weighted by atomic mass is 16.5. The fourth-order valence-electron chi connectivity index (χ4n) is 4.44. The summed E-state index contributed by atoms with van der Waals surface area (Å²) in [6.45, 7) is 13.5. The van der Waals surface area contributed by atoms with E-state index >= 15 is 0 Å². The van der Waals surface area contributed by atoms with Crippen LogP contribution in [0, 0.1) is 6.92 Å². The Hall–Kier alpha value is -3.38. The number of hydrogen-bond donors (Lipinski definition) is 1. The van der Waals surface area contributed by atoms with Gasteiger partial charge in [-0.3, -0.25) is 9.59 Å². The number of amides is 1. The van der Waals surface area contributed by atoms with Crippen molar-refractivity contribution in [2.45, 2.75) is 45.6 Å². The van der Waals surface area contributed by atoms with E-state index in [0.29, 0.717) is 30.9 Å². The molecule has 1 atom stereocenters. The largest absolute Gasteiger partial charge is 0.507 e. The van der Waals surface area contributed by atoms with Gasteiger partial charge in [-0.1, -0.05) is 57.7 Å². The SMILES string of the molecule is C=CCOc1ccc(C(O)=C2C(=O)C(=O)N(CCCN(C)C)[C@H]2c2ccc(C(C)(C)C)cc2)cc1C. The van der Waals surface area contributed by atoms with Crippen LogP contribution >= 0.6 is 0 Å². The number of benzene rings is 2. The number of ether oxygens (including phenoxy) is 1. The molecule has 1 amide bonds. The number of aliphatic hydroxyl groups excluding tert-OH is 1. The van der Waals surface area contributed by atoms with Gasteiger partial charge in [-0.15, -0.1) is 0 Å². The maximum absolute atomic E-state index is 13.3. The number of hydrogen-bond acceptors (Lipinski definition) is 5. The molecule has 3 rings (SSSR count). The molecule has 2 aromatic carbocycles. The van der Waals surface area contributed by atoms with Crippen LogP contribution in [0.1, 0.15) is 55.5 Å². The standard InChI is InChI=1S/C30H38N2O4/c1-8-18-36-24-15-12-22(19-20(24)2)27(33)25-26(21-10-13-23(14-11-21)30(3,4)5)32(29(35)28(25)34)17-9-16-31(6)7/h8,10-15,19,26,33H,1,9,16-18H2,2-7H3/t26-/m0/s1. The lowest BCUT2D eigenvalue weighted by atomic mass is 9.85. The molecule has 192 valence electrons. The molecule has 2 aromatic rings. The van der Waals surface area contributed by atoms with Crippen LogP contribution < -0.4 is 4.74 Å². The average molecular weight is 491 g/mol. The maximum atomic E-state index is 13.3. The molecule has 1 saturated heterocycles. The lowest BCUT2D eigenvalue weighted by Gasteiger charge is -2.27. The number of carbonyl (C=O) groups is 2. The summed E-state index contributed by atoms with van der Waals surface area (Å²) in [5.41, 5.74) is 3.33. The highest BCUT2D eigenvalue weighted by molar-refractivity contribution is 6.46. The Morgan fingerprint density at radius 1 is 1.14 bits per heavy atom. The fraction of sp³-hybridized carbons (Fsp3) is 0.400. The Morgan fingerprint density at radius 2 is 1.81 bits per heavy atom. The zero-order chi connectivity index (χ0) is 26.6. The van der Waals surface area contributed by atoms with Gasteiger partial charge in [0.2, 0.25) is 0 Å². The van der Waals surface area contributed by atoms with Gasteiger partial charge >= 0.3 is 0 Å². The Labute approximate surface area is 214 Å². The molecule has 1 fully saturated rings. The summed E-state index contributed by atoms with van der Waals surface area (Å²) in [6, 6.07) is 12.6. The van der Waals surface area contributed by atoms with E-state index < -0.39 is 17.7 Å². The molecule has 0 saturated carbocycles. The van der Waals surface area contributed by atoms with Crippen LogP contribution in [-0.4, -0.2) is 60.4 Å². The van der Waals surface area contributed by atoms with Crippen LogP contribution in [0.3, 0.4) is 0 Å². The average Bonchev–Trinajstić information content (AvgIpc) is 3.07. The van der Waals surface area contributed by atoms with Gasteiger partial charge in [0.1, 0.15) is 18.1 Å². The molecule has 0 spiro atoms. The van der Waals surface area contributed by atoms with E-state index in [-0.39, 0.29) is 16.7 Å². The van der Waals surface area contributed by atoms with Gasteiger partial charge in [-0.05, 0) is 74.3 Å². The molecule has 0 unspecified atom stereocenters. The predicted octanol–water partition coefficient (Wildman–Crippen LogP) is 5.23. The van der Waals surface area contributed by atoms with Gasteiger partial charge < -0.3 is 19.6 Å². The fourth-order valence-corrected chi connectivity index (χ4v) is 4.44. The number of aryl methyl sites for hydroxylation is 1. The smallest absolute Gasteiger partial charge is 0.295 e. The first-order valence-corrected chi connectivity index (χ1v) is 12.3. The van der Waals surface area contributed by atoms with E-state index in [1.54, 1.807) is 29.2 Å². The zero-order valence-electron chi connectivity index (χ0n) is 22.3. The van der Waals surface area contributed by atoms with E-state index in [4.69, 9.17) is 4.74 Å². The van der Waals surface area contributed by atoms with Crippen LogP contribution in [0.15, 0.2) is 60.7 Å². The lowest BCUT2D eigenvalue weighted by molar-refractivity contribution is -0.139. The number of Topliss-reactive ketones (excluding diaryl/α,β-unsaturated/α-hetero) is 1. The van der Waals surface area contributed by atoms with Gasteiger partial charge in [0.15, 0.2) is 0 Å². The van der Waals surface area contributed by atoms with Gasteiger partial charge in [-0.25, -0.2) is 0 Å². The second-order valence-corrected chi connectivity index (χ2v) is 10.6. The van der Waals surface area contributed by atoms with Crippen molar-refractivity contribution < 1.29 is 19.4 Å². The third kappa shape index (κ3) is 5.88. The zero-order valence-corrected chi connectivity index (χ0v) is 22.3. The van der Waals surface area contributed by atoms with Crippen LogP contribution in [0.5, 0.6) is 5.75 Å². The molecule has 0 aliphatic carbocycles. The minimum absolute atomic E-state index is 0.0288. The Bertz CT molecular complexity index is 1160. The van der Waals surface area contributed by atoms with Gasteiger partial charge in [0.05, 0.1) is 11.6 Å².